The molecule has 4 nitrogen and oxygen atoms in total. The van der Waals surface area contributed by atoms with Crippen molar-refractivity contribution in [1.29, 1.82) is 0 Å². The highest BCUT2D eigenvalue weighted by molar-refractivity contribution is 5.81. The zero-order chi connectivity index (χ0) is 21.4. The van der Waals surface area contributed by atoms with Crippen molar-refractivity contribution in [1.82, 2.24) is 0 Å². The fraction of sp³-hybridized carbons (Fsp3) is 0.591. The quantitative estimate of drug-likeness (QED) is 0.240. The van der Waals surface area contributed by atoms with Gasteiger partial charge in [-0.15, -0.1) is 0 Å². The maximum absolute atomic E-state index is 10.7. The fourth-order valence-electron chi connectivity index (χ4n) is 0.831. The van der Waals surface area contributed by atoms with Crippen molar-refractivity contribution in [2.75, 3.05) is 13.2 Å². The minimum Gasteiger partial charge on any atom is -0.495 e. The second-order valence-corrected chi connectivity index (χ2v) is 5.00. The molecule has 0 amide bonds. The monoisotopic (exact) mass is 370 g/mol. The summed E-state index contributed by atoms with van der Waals surface area (Å²) in [5.74, 6) is 0.970. The van der Waals surface area contributed by atoms with Crippen molar-refractivity contribution >= 4 is 5.97 Å². The molecule has 0 aliphatic carbocycles. The zero-order valence-corrected chi connectivity index (χ0v) is 18.2. The number of hydrogen-bond acceptors (Lipinski definition) is 4. The van der Waals surface area contributed by atoms with Crippen molar-refractivity contribution in [3.05, 3.63) is 49.3 Å². The Morgan fingerprint density at radius 3 is 1.88 bits per heavy atom. The predicted octanol–water partition coefficient (Wildman–Crippen LogP) is 5.84. The van der Waals surface area contributed by atoms with Crippen LogP contribution in [0.4, 0.5) is 0 Å². The number of aliphatic hydroxyl groups excluding tert-OH is 1. The van der Waals surface area contributed by atoms with Crippen LogP contribution >= 0.6 is 0 Å². The number of ether oxygens (including phenoxy) is 2. The minimum atomic E-state index is -0.856. The number of carbonyl (C=O) groups excluding carboxylic acids is 1. The van der Waals surface area contributed by atoms with E-state index >= 15 is 0 Å². The largest absolute Gasteiger partial charge is 0.495 e. The maximum Gasteiger partial charge on any atom is 0.330 e. The molecule has 0 radical (unpaired) electrons. The van der Waals surface area contributed by atoms with Gasteiger partial charge in [-0.25, -0.2) is 4.79 Å². The number of esters is 1. The van der Waals surface area contributed by atoms with Gasteiger partial charge in [-0.3, -0.25) is 0 Å². The number of carbonyl (C=O) groups is 1. The summed E-state index contributed by atoms with van der Waals surface area (Å²) in [6, 6.07) is 0. The Labute approximate surface area is 162 Å². The molecule has 154 valence electrons. The van der Waals surface area contributed by atoms with E-state index in [0.29, 0.717) is 5.76 Å². The fourth-order valence-corrected chi connectivity index (χ4v) is 0.831. The van der Waals surface area contributed by atoms with Crippen molar-refractivity contribution < 1.29 is 19.4 Å². The van der Waals surface area contributed by atoms with E-state index in [1.54, 1.807) is 31.2 Å². The molecule has 0 saturated carbocycles. The Balaban J connectivity index is -0.000000226. The van der Waals surface area contributed by atoms with Gasteiger partial charge < -0.3 is 14.6 Å². The second-order valence-electron chi connectivity index (χ2n) is 5.00. The molecule has 0 aliphatic heterocycles. The summed E-state index contributed by atoms with van der Waals surface area (Å²) >= 11 is 0. The van der Waals surface area contributed by atoms with Gasteiger partial charge in [-0.1, -0.05) is 86.3 Å². The summed E-state index contributed by atoms with van der Waals surface area (Å²) < 4.78 is 9.87. The van der Waals surface area contributed by atoms with Crippen molar-refractivity contribution in [3.8, 4) is 0 Å². The topological polar surface area (TPSA) is 55.8 Å². The van der Waals surface area contributed by atoms with Crippen molar-refractivity contribution in [3.63, 3.8) is 0 Å². The Hall–Kier alpha value is -1.81. The average molecular weight is 371 g/mol. The van der Waals surface area contributed by atoms with Gasteiger partial charge in [0.05, 0.1) is 5.76 Å². The lowest BCUT2D eigenvalue weighted by molar-refractivity contribution is -0.141. The maximum atomic E-state index is 10.7. The van der Waals surface area contributed by atoms with Crippen LogP contribution in [0.1, 0.15) is 61.8 Å². The highest BCUT2D eigenvalue weighted by Gasteiger charge is 2.07. The SMILES string of the molecule is C=C/C=C\C=C(/C)OCC(O)COC(=O)C=C.CC.CC.CCC(C)C. The van der Waals surface area contributed by atoms with Crippen LogP contribution in [0.25, 0.3) is 0 Å². The molecule has 1 N–H and O–H groups in total. The summed E-state index contributed by atoms with van der Waals surface area (Å²) in [5, 5.41) is 9.42. The van der Waals surface area contributed by atoms with E-state index < -0.39 is 12.1 Å². The molecule has 1 unspecified atom stereocenters. The predicted molar refractivity (Wildman–Crippen MR) is 114 cm³/mol. The Bertz CT molecular complexity index is 368. The molecule has 0 aromatic carbocycles. The molecule has 0 heterocycles. The molecule has 0 saturated heterocycles. The molecule has 0 aromatic heterocycles. The van der Waals surface area contributed by atoms with Gasteiger partial charge in [0.1, 0.15) is 19.3 Å². The Kier molecular flexibility index (Phi) is 34.4. The lowest BCUT2D eigenvalue weighted by Crippen LogP contribution is -2.22. The Morgan fingerprint density at radius 2 is 1.50 bits per heavy atom. The van der Waals surface area contributed by atoms with Crippen molar-refractivity contribution in [2.45, 2.75) is 67.9 Å². The van der Waals surface area contributed by atoms with Gasteiger partial charge in [-0.05, 0) is 18.9 Å². The number of rotatable bonds is 9. The van der Waals surface area contributed by atoms with Gasteiger partial charge in [0.25, 0.3) is 0 Å². The number of allylic oxidation sites excluding steroid dienone is 5. The molecule has 0 spiro atoms. The van der Waals surface area contributed by atoms with Crippen LogP contribution in [0.2, 0.25) is 0 Å². The molecular formula is C22H42O4. The first kappa shape index (κ1) is 31.9. The summed E-state index contributed by atoms with van der Waals surface area (Å²) in [7, 11) is 0. The minimum absolute atomic E-state index is 0.0642. The standard InChI is InChI=1S/C13H18O4.C5H12.2C2H6/c1-4-6-7-8-11(3)16-9-12(14)10-17-13(15)5-2;1-4-5(2)3;2*1-2/h4-8,12,14H,1-2,9-10H2,3H3;5H,4H2,1-3H3;2*1-2H3/b7-6-,11-8+;;;. The van der Waals surface area contributed by atoms with E-state index in [4.69, 9.17) is 4.74 Å². The first-order valence-corrected chi connectivity index (χ1v) is 9.43. The first-order valence-electron chi connectivity index (χ1n) is 9.43. The molecule has 0 fully saturated rings. The molecule has 26 heavy (non-hydrogen) atoms. The van der Waals surface area contributed by atoms with Gasteiger partial charge in [0.15, 0.2) is 0 Å². The third-order valence-electron chi connectivity index (χ3n) is 2.48. The first-order chi connectivity index (χ1) is 12.4. The Morgan fingerprint density at radius 1 is 1.04 bits per heavy atom. The molecule has 0 aliphatic rings. The van der Waals surface area contributed by atoms with Crippen LogP contribution < -0.4 is 0 Å². The van der Waals surface area contributed by atoms with Gasteiger partial charge >= 0.3 is 5.97 Å². The highest BCUT2D eigenvalue weighted by atomic mass is 16.5. The lowest BCUT2D eigenvalue weighted by Gasteiger charge is -2.12. The molecule has 1 atom stereocenters. The molecular weight excluding hydrogens is 328 g/mol. The van der Waals surface area contributed by atoms with E-state index in [0.717, 1.165) is 12.0 Å². The van der Waals surface area contributed by atoms with Crippen LogP contribution in [-0.2, 0) is 14.3 Å². The van der Waals surface area contributed by atoms with E-state index in [1.165, 1.54) is 6.42 Å². The third-order valence-corrected chi connectivity index (χ3v) is 2.48. The van der Waals surface area contributed by atoms with Crippen LogP contribution in [0.5, 0.6) is 0 Å². The van der Waals surface area contributed by atoms with E-state index in [1.807, 2.05) is 27.7 Å². The zero-order valence-electron chi connectivity index (χ0n) is 18.2. The highest BCUT2D eigenvalue weighted by Crippen LogP contribution is 1.99. The van der Waals surface area contributed by atoms with Gasteiger partial charge in [-0.2, -0.15) is 0 Å². The van der Waals surface area contributed by atoms with Crippen LogP contribution in [-0.4, -0.2) is 30.4 Å². The van der Waals surface area contributed by atoms with Crippen molar-refractivity contribution in [2.24, 2.45) is 5.92 Å². The third kappa shape index (κ3) is 33.7. The summed E-state index contributed by atoms with van der Waals surface area (Å²) in [6.45, 7) is 23.1. The summed E-state index contributed by atoms with van der Waals surface area (Å²) in [6.07, 6.45) is 8.41. The average Bonchev–Trinajstić information content (AvgIpc) is 2.68. The second kappa shape index (κ2) is 28.0. The summed E-state index contributed by atoms with van der Waals surface area (Å²) in [5.41, 5.74) is 0. The van der Waals surface area contributed by atoms with Gasteiger partial charge in [0.2, 0.25) is 0 Å². The lowest BCUT2D eigenvalue weighted by atomic mass is 10.2. The van der Waals surface area contributed by atoms with E-state index in [-0.39, 0.29) is 13.2 Å². The molecule has 0 rings (SSSR count). The van der Waals surface area contributed by atoms with E-state index in [9.17, 15) is 9.90 Å². The smallest absolute Gasteiger partial charge is 0.330 e. The number of aliphatic hydroxyl groups is 1. The normalized spacial score (nSPS) is 10.9. The van der Waals surface area contributed by atoms with Crippen LogP contribution in [0.3, 0.4) is 0 Å². The van der Waals surface area contributed by atoms with Crippen LogP contribution in [0, 0.1) is 5.92 Å². The summed E-state index contributed by atoms with van der Waals surface area (Å²) in [4.78, 5) is 10.7. The molecule has 0 bridgehead atoms. The van der Waals surface area contributed by atoms with Gasteiger partial charge in [0, 0.05) is 6.08 Å². The molecule has 0 aromatic rings. The number of hydrogen-bond donors (Lipinski definition) is 1. The van der Waals surface area contributed by atoms with Crippen LogP contribution in [0.15, 0.2) is 49.3 Å². The van der Waals surface area contributed by atoms with E-state index in [2.05, 4.69) is 38.7 Å². The molecule has 4 heteroatoms.